The van der Waals surface area contributed by atoms with E-state index in [1.807, 2.05) is 23.6 Å². The van der Waals surface area contributed by atoms with Crippen LogP contribution in [0.15, 0.2) is 28.1 Å². The molecule has 0 saturated heterocycles. The molecule has 0 fully saturated rings. The van der Waals surface area contributed by atoms with Gasteiger partial charge in [-0.1, -0.05) is 35.8 Å². The molecule has 1 aromatic heterocycles. The molecule has 0 bridgehead atoms. The maximum Gasteiger partial charge on any atom is 0.131 e. The Morgan fingerprint density at radius 2 is 2.10 bits per heavy atom. The molecule has 0 spiro atoms. The molecule has 20 heavy (non-hydrogen) atoms. The van der Waals surface area contributed by atoms with Gasteiger partial charge >= 0.3 is 0 Å². The van der Waals surface area contributed by atoms with Crippen molar-refractivity contribution in [2.75, 3.05) is 0 Å². The van der Waals surface area contributed by atoms with Gasteiger partial charge in [0.05, 0.1) is 16.8 Å². The molecule has 0 saturated carbocycles. The number of rotatable bonds is 5. The molecule has 0 radical (unpaired) electrons. The number of hydrogen-bond acceptors (Lipinski definition) is 4. The highest BCUT2D eigenvalue weighted by Crippen LogP contribution is 2.29. The zero-order valence-corrected chi connectivity index (χ0v) is 14.2. The van der Waals surface area contributed by atoms with Crippen LogP contribution in [0.1, 0.15) is 49.1 Å². The van der Waals surface area contributed by atoms with Crippen LogP contribution in [0.3, 0.4) is 0 Å². The molecule has 5 heteroatoms. The van der Waals surface area contributed by atoms with Crippen LogP contribution in [0.4, 0.5) is 0 Å². The van der Waals surface area contributed by atoms with Gasteiger partial charge in [-0.2, -0.15) is 0 Å². The summed E-state index contributed by atoms with van der Waals surface area (Å²) >= 11 is 5.08. The quantitative estimate of drug-likeness (QED) is 0.847. The van der Waals surface area contributed by atoms with E-state index in [9.17, 15) is 5.11 Å². The number of aliphatic hydroxyl groups excluding tert-OH is 1. The summed E-state index contributed by atoms with van der Waals surface area (Å²) in [6.07, 6.45) is -0.556. The molecule has 1 aromatic carbocycles. The van der Waals surface area contributed by atoms with Crippen molar-refractivity contribution in [3.63, 3.8) is 0 Å². The van der Waals surface area contributed by atoms with E-state index in [1.54, 1.807) is 18.3 Å². The van der Waals surface area contributed by atoms with Crippen LogP contribution in [0.25, 0.3) is 0 Å². The number of ether oxygens (including phenoxy) is 1. The lowest BCUT2D eigenvalue weighted by Gasteiger charge is -2.13. The smallest absolute Gasteiger partial charge is 0.131 e. The predicted octanol–water partition coefficient (Wildman–Crippen LogP) is 4.66. The highest BCUT2D eigenvalue weighted by atomic mass is 79.9. The topological polar surface area (TPSA) is 42.4 Å². The van der Waals surface area contributed by atoms with Gasteiger partial charge < -0.3 is 9.84 Å². The first kappa shape index (κ1) is 15.5. The maximum absolute atomic E-state index is 9.76. The molecule has 1 unspecified atom stereocenters. The maximum atomic E-state index is 9.76. The fourth-order valence-corrected chi connectivity index (χ4v) is 2.94. The number of aromatic nitrogens is 1. The van der Waals surface area contributed by atoms with Gasteiger partial charge in [0.1, 0.15) is 12.4 Å². The van der Waals surface area contributed by atoms with Gasteiger partial charge in [-0.25, -0.2) is 4.98 Å². The van der Waals surface area contributed by atoms with Crippen molar-refractivity contribution in [3.8, 4) is 5.75 Å². The standard InChI is InChI=1S/C15H18BrNO2S/c1-9(2)15-17-12(8-20-15)7-19-14-6-11(16)4-5-13(14)10(3)18/h4-6,8-10,18H,7H2,1-3H3. The van der Waals surface area contributed by atoms with Crippen molar-refractivity contribution in [2.24, 2.45) is 0 Å². The summed E-state index contributed by atoms with van der Waals surface area (Å²) in [7, 11) is 0. The van der Waals surface area contributed by atoms with Gasteiger partial charge in [-0.05, 0) is 19.1 Å². The Balaban J connectivity index is 2.11. The molecule has 0 aliphatic rings. The SMILES string of the molecule is CC(C)c1nc(COc2cc(Br)ccc2C(C)O)cs1. The Bertz CT molecular complexity index is 581. The van der Waals surface area contributed by atoms with Gasteiger partial charge in [-0.3, -0.25) is 0 Å². The Morgan fingerprint density at radius 1 is 1.35 bits per heavy atom. The summed E-state index contributed by atoms with van der Waals surface area (Å²) < 4.78 is 6.74. The summed E-state index contributed by atoms with van der Waals surface area (Å²) in [6, 6.07) is 5.64. The third-order valence-corrected chi connectivity index (χ3v) is 4.55. The Morgan fingerprint density at radius 3 is 2.70 bits per heavy atom. The van der Waals surface area contributed by atoms with Crippen molar-refractivity contribution in [2.45, 2.75) is 39.4 Å². The first-order chi connectivity index (χ1) is 9.47. The Kier molecular flexibility index (Phi) is 5.18. The summed E-state index contributed by atoms with van der Waals surface area (Å²) in [4.78, 5) is 4.54. The van der Waals surface area contributed by atoms with Gasteiger partial charge in [0.25, 0.3) is 0 Å². The van der Waals surface area contributed by atoms with Crippen molar-refractivity contribution >= 4 is 27.3 Å². The number of benzene rings is 1. The van der Waals surface area contributed by atoms with Gasteiger partial charge in [-0.15, -0.1) is 11.3 Å². The molecule has 1 N–H and O–H groups in total. The minimum absolute atomic E-state index is 0.416. The normalized spacial score (nSPS) is 12.7. The second kappa shape index (κ2) is 6.70. The second-order valence-electron chi connectivity index (χ2n) is 4.98. The summed E-state index contributed by atoms with van der Waals surface area (Å²) in [5, 5.41) is 12.9. The number of nitrogens with zero attached hydrogens (tertiary/aromatic N) is 1. The number of hydrogen-bond donors (Lipinski definition) is 1. The van der Waals surface area contributed by atoms with E-state index >= 15 is 0 Å². The number of halogens is 1. The number of thiazole rings is 1. The van der Waals surface area contributed by atoms with Crippen molar-refractivity contribution < 1.29 is 9.84 Å². The minimum Gasteiger partial charge on any atom is -0.487 e. The Hall–Kier alpha value is -0.910. The zero-order valence-electron chi connectivity index (χ0n) is 11.8. The third kappa shape index (κ3) is 3.81. The van der Waals surface area contributed by atoms with Gasteiger partial charge in [0.15, 0.2) is 0 Å². The summed E-state index contributed by atoms with van der Waals surface area (Å²) in [6.45, 7) is 6.40. The summed E-state index contributed by atoms with van der Waals surface area (Å²) in [5.74, 6) is 1.13. The molecule has 1 atom stereocenters. The second-order valence-corrected chi connectivity index (χ2v) is 6.78. The molecule has 0 aliphatic carbocycles. The zero-order chi connectivity index (χ0) is 14.7. The van der Waals surface area contributed by atoms with Gasteiger partial charge in [0.2, 0.25) is 0 Å². The van der Waals surface area contributed by atoms with Crippen LogP contribution in [0, 0.1) is 0 Å². The largest absolute Gasteiger partial charge is 0.487 e. The lowest BCUT2D eigenvalue weighted by molar-refractivity contribution is 0.190. The average molecular weight is 356 g/mol. The van der Waals surface area contributed by atoms with Crippen molar-refractivity contribution in [1.29, 1.82) is 0 Å². The fraction of sp³-hybridized carbons (Fsp3) is 0.400. The lowest BCUT2D eigenvalue weighted by atomic mass is 10.1. The first-order valence-corrected chi connectivity index (χ1v) is 8.19. The molecule has 2 aromatic rings. The van der Waals surface area contributed by atoms with Crippen LogP contribution in [-0.4, -0.2) is 10.1 Å². The van der Waals surface area contributed by atoms with E-state index in [4.69, 9.17) is 4.74 Å². The highest BCUT2D eigenvalue weighted by molar-refractivity contribution is 9.10. The van der Waals surface area contributed by atoms with E-state index in [0.29, 0.717) is 18.3 Å². The highest BCUT2D eigenvalue weighted by Gasteiger charge is 2.11. The predicted molar refractivity (Wildman–Crippen MR) is 85.3 cm³/mol. The van der Waals surface area contributed by atoms with Crippen LogP contribution < -0.4 is 4.74 Å². The van der Waals surface area contributed by atoms with Crippen molar-refractivity contribution in [1.82, 2.24) is 4.98 Å². The first-order valence-electron chi connectivity index (χ1n) is 6.52. The van der Waals surface area contributed by atoms with E-state index in [1.165, 1.54) is 0 Å². The monoisotopic (exact) mass is 355 g/mol. The van der Waals surface area contributed by atoms with Crippen LogP contribution in [0.2, 0.25) is 0 Å². The van der Waals surface area contributed by atoms with E-state index in [2.05, 4.69) is 34.8 Å². The lowest BCUT2D eigenvalue weighted by Crippen LogP contribution is -2.01. The Labute approximate surface area is 131 Å². The van der Waals surface area contributed by atoms with E-state index < -0.39 is 6.10 Å². The van der Waals surface area contributed by atoms with E-state index in [0.717, 1.165) is 20.7 Å². The molecule has 2 rings (SSSR count). The van der Waals surface area contributed by atoms with Crippen LogP contribution in [-0.2, 0) is 6.61 Å². The third-order valence-electron chi connectivity index (χ3n) is 2.86. The molecule has 1 heterocycles. The van der Waals surface area contributed by atoms with Crippen LogP contribution in [0.5, 0.6) is 5.75 Å². The van der Waals surface area contributed by atoms with E-state index in [-0.39, 0.29) is 0 Å². The minimum atomic E-state index is -0.556. The number of aliphatic hydroxyl groups is 1. The fourth-order valence-electron chi connectivity index (χ4n) is 1.78. The molecule has 108 valence electrons. The van der Waals surface area contributed by atoms with Crippen molar-refractivity contribution in [3.05, 3.63) is 44.3 Å². The molecular formula is C15H18BrNO2S. The average Bonchev–Trinajstić information content (AvgIpc) is 2.85. The molecule has 3 nitrogen and oxygen atoms in total. The van der Waals surface area contributed by atoms with Gasteiger partial charge in [0, 0.05) is 21.3 Å². The molecule has 0 amide bonds. The molecular weight excluding hydrogens is 338 g/mol. The van der Waals surface area contributed by atoms with Crippen LogP contribution >= 0.6 is 27.3 Å². The molecule has 0 aliphatic heterocycles. The summed E-state index contributed by atoms with van der Waals surface area (Å²) in [5.41, 5.74) is 1.71.